The highest BCUT2D eigenvalue weighted by molar-refractivity contribution is 6.40. The molecular weight excluding hydrogens is 628 g/mol. The highest BCUT2D eigenvalue weighted by atomic mass is 35.5. The lowest BCUT2D eigenvalue weighted by Crippen LogP contribution is -2.41. The normalized spacial score (nSPS) is 21.6. The van der Waals surface area contributed by atoms with Gasteiger partial charge >= 0.3 is 6.03 Å². The van der Waals surface area contributed by atoms with E-state index in [0.29, 0.717) is 23.7 Å². The number of fused-ring (bicyclic) bond motifs is 3. The molecule has 3 N–H and O–H groups in total. The SMILES string of the molecule is CC(=NC1CCC2CN(C(=O)n3ncc(C#N)n3)C(CC#N)C2C1)/C(=C(\N)c1ccc2c(cnn2C)c1)c1c(Cl)c(C)cc2[nH]ncc12. The monoisotopic (exact) mass is 660 g/mol. The number of carbonyl (C=O) groups excluding carboxylic acids is 1. The molecule has 0 spiro atoms. The number of nitrogens with two attached hydrogens (primary N) is 1. The highest BCUT2D eigenvalue weighted by Crippen LogP contribution is 2.44. The van der Waals surface area contributed by atoms with Crippen molar-refractivity contribution in [3.63, 3.8) is 0 Å². The molecule has 5 aromatic rings. The van der Waals surface area contributed by atoms with Gasteiger partial charge in [0.05, 0.1) is 53.2 Å². The number of allylic oxidation sites excluding steroid dienone is 1. The second-order valence-corrected chi connectivity index (χ2v) is 13.0. The molecule has 0 bridgehead atoms. The van der Waals surface area contributed by atoms with E-state index >= 15 is 0 Å². The summed E-state index contributed by atoms with van der Waals surface area (Å²) in [6, 6.07) is 11.4. The van der Waals surface area contributed by atoms with Crippen molar-refractivity contribution >= 4 is 56.4 Å². The van der Waals surface area contributed by atoms with E-state index < -0.39 is 6.03 Å². The Morgan fingerprint density at radius 3 is 2.79 bits per heavy atom. The van der Waals surface area contributed by atoms with Gasteiger partial charge in [-0.1, -0.05) is 22.5 Å². The Bertz CT molecular complexity index is 2230. The van der Waals surface area contributed by atoms with Crippen LogP contribution < -0.4 is 5.73 Å². The maximum Gasteiger partial charge on any atom is 0.362 e. The number of carbonyl (C=O) groups is 1. The lowest BCUT2D eigenvalue weighted by Gasteiger charge is -2.32. The number of nitriles is 2. The summed E-state index contributed by atoms with van der Waals surface area (Å²) in [7, 11) is 1.90. The fourth-order valence-electron chi connectivity index (χ4n) is 7.55. The number of rotatable bonds is 5. The molecule has 2 fully saturated rings. The first-order chi connectivity index (χ1) is 23.2. The largest absolute Gasteiger partial charge is 0.398 e. The number of hydrogen-bond donors (Lipinski definition) is 2. The number of aromatic nitrogens is 7. The molecule has 14 heteroatoms. The van der Waals surface area contributed by atoms with Crippen LogP contribution in [0.2, 0.25) is 5.02 Å². The average molecular weight is 661 g/mol. The minimum Gasteiger partial charge on any atom is -0.398 e. The molecule has 0 radical (unpaired) electrons. The molecule has 3 aromatic heterocycles. The minimum absolute atomic E-state index is 0.0616. The molecule has 1 saturated carbocycles. The van der Waals surface area contributed by atoms with Crippen molar-refractivity contribution in [1.29, 1.82) is 10.5 Å². The van der Waals surface area contributed by atoms with E-state index in [2.05, 4.69) is 31.6 Å². The number of aromatic amines is 1. The van der Waals surface area contributed by atoms with Crippen molar-refractivity contribution in [2.75, 3.05) is 6.54 Å². The number of halogens is 1. The van der Waals surface area contributed by atoms with Gasteiger partial charge < -0.3 is 10.6 Å². The second kappa shape index (κ2) is 12.2. The molecule has 1 aliphatic heterocycles. The maximum absolute atomic E-state index is 13.4. The number of amides is 1. The van der Waals surface area contributed by atoms with Gasteiger partial charge in [-0.25, -0.2) is 4.79 Å². The van der Waals surface area contributed by atoms with Crippen molar-refractivity contribution < 1.29 is 4.79 Å². The molecule has 1 saturated heterocycles. The predicted octanol–water partition coefficient (Wildman–Crippen LogP) is 5.21. The molecule has 2 aliphatic rings. The fourth-order valence-corrected chi connectivity index (χ4v) is 7.80. The van der Waals surface area contributed by atoms with E-state index in [9.17, 15) is 10.1 Å². The van der Waals surface area contributed by atoms with Crippen LogP contribution in [0.3, 0.4) is 0 Å². The molecule has 48 heavy (non-hydrogen) atoms. The summed E-state index contributed by atoms with van der Waals surface area (Å²) in [5, 5.41) is 41.0. The molecule has 242 valence electrons. The van der Waals surface area contributed by atoms with Crippen molar-refractivity contribution in [2.45, 2.75) is 51.6 Å². The zero-order valence-corrected chi connectivity index (χ0v) is 27.5. The van der Waals surface area contributed by atoms with Crippen LogP contribution in [0.5, 0.6) is 0 Å². The van der Waals surface area contributed by atoms with Crippen LogP contribution in [-0.4, -0.2) is 70.2 Å². The van der Waals surface area contributed by atoms with E-state index in [0.717, 1.165) is 67.4 Å². The number of hydrogen-bond acceptors (Lipinski definition) is 9. The van der Waals surface area contributed by atoms with Gasteiger partial charge in [0.25, 0.3) is 0 Å². The summed E-state index contributed by atoms with van der Waals surface area (Å²) in [4.78, 5) is 21.4. The Labute approximate surface area is 281 Å². The fraction of sp³-hybridized carbons (Fsp3) is 0.353. The van der Waals surface area contributed by atoms with Crippen molar-refractivity contribution in [2.24, 2.45) is 29.6 Å². The van der Waals surface area contributed by atoms with Crippen LogP contribution >= 0.6 is 11.6 Å². The summed E-state index contributed by atoms with van der Waals surface area (Å²) in [6.07, 6.45) is 7.38. The summed E-state index contributed by atoms with van der Waals surface area (Å²) in [5.74, 6) is 0.281. The lowest BCUT2D eigenvalue weighted by atomic mass is 9.75. The van der Waals surface area contributed by atoms with Crippen LogP contribution in [0.25, 0.3) is 33.1 Å². The van der Waals surface area contributed by atoms with Crippen molar-refractivity contribution in [1.82, 2.24) is 39.9 Å². The third-order valence-electron chi connectivity index (χ3n) is 9.85. The minimum atomic E-state index is -0.427. The zero-order valence-electron chi connectivity index (χ0n) is 26.7. The molecule has 1 amide bonds. The van der Waals surface area contributed by atoms with Gasteiger partial charge in [0, 0.05) is 53.0 Å². The number of H-pyrrole nitrogens is 1. The predicted molar refractivity (Wildman–Crippen MR) is 182 cm³/mol. The number of benzene rings is 2. The third kappa shape index (κ3) is 5.26. The van der Waals surface area contributed by atoms with E-state index in [1.807, 2.05) is 62.1 Å². The van der Waals surface area contributed by atoms with Crippen molar-refractivity contribution in [3.8, 4) is 12.1 Å². The van der Waals surface area contributed by atoms with Crippen molar-refractivity contribution in [3.05, 3.63) is 70.3 Å². The first-order valence-electron chi connectivity index (χ1n) is 15.8. The quantitative estimate of drug-likeness (QED) is 0.190. The van der Waals surface area contributed by atoms with E-state index in [1.165, 1.54) is 6.20 Å². The van der Waals surface area contributed by atoms with Gasteiger partial charge in [-0.05, 0) is 74.3 Å². The number of aliphatic imine (C=N–C) groups is 1. The second-order valence-electron chi connectivity index (χ2n) is 12.6. The smallest absolute Gasteiger partial charge is 0.362 e. The average Bonchev–Trinajstić information content (AvgIpc) is 3.89. The molecule has 1 aliphatic carbocycles. The van der Waals surface area contributed by atoms with Gasteiger partial charge in [-0.2, -0.15) is 25.8 Å². The number of aryl methyl sites for hydroxylation is 2. The number of nitrogens with zero attached hydrogens (tertiary/aromatic N) is 10. The van der Waals surface area contributed by atoms with Gasteiger partial charge in [-0.15, -0.1) is 5.10 Å². The van der Waals surface area contributed by atoms with E-state index in [4.69, 9.17) is 27.6 Å². The van der Waals surface area contributed by atoms with E-state index in [1.54, 1.807) is 11.1 Å². The summed E-state index contributed by atoms with van der Waals surface area (Å²) in [6.45, 7) is 4.42. The van der Waals surface area contributed by atoms with E-state index in [-0.39, 0.29) is 36.0 Å². The molecule has 13 nitrogen and oxygen atoms in total. The Kier molecular flexibility index (Phi) is 7.93. The number of likely N-dealkylation sites (tertiary alicyclic amines) is 1. The van der Waals surface area contributed by atoms with Crippen LogP contribution in [0.4, 0.5) is 4.79 Å². The molecule has 4 heterocycles. The Morgan fingerprint density at radius 2 is 2.02 bits per heavy atom. The topological polar surface area (TPSA) is 183 Å². The zero-order chi connectivity index (χ0) is 33.7. The molecule has 2 aromatic carbocycles. The summed E-state index contributed by atoms with van der Waals surface area (Å²) >= 11 is 7.08. The van der Waals surface area contributed by atoms with Crippen LogP contribution in [0, 0.1) is 41.4 Å². The van der Waals surface area contributed by atoms with Crippen LogP contribution in [0.1, 0.15) is 55.0 Å². The molecular formula is C34H33ClN12O. The first kappa shape index (κ1) is 31.1. The Balaban J connectivity index is 1.27. The van der Waals surface area contributed by atoms with Gasteiger partial charge in [0.15, 0.2) is 5.69 Å². The van der Waals surface area contributed by atoms with Gasteiger partial charge in [-0.3, -0.25) is 14.8 Å². The number of nitrogens with one attached hydrogen (secondary N) is 1. The Hall–Kier alpha value is -5.53. The van der Waals surface area contributed by atoms with Crippen LogP contribution in [-0.2, 0) is 7.05 Å². The van der Waals surface area contributed by atoms with Gasteiger partial charge in [0.2, 0.25) is 0 Å². The standard InChI is InChI=1S/C34H33ClN12O/c1-18-10-27-26(16-39-43-27)31(32(18)35)30(33(38)20-5-7-28-22(11-20)14-40-45(28)3)19(2)42-23-6-4-21-17-46(29(8-9-36)25(21)12-23)34(48)47-41-15-24(13-37)44-47/h5,7,10-11,14-16,21,23,25,29H,4,6,8,12,17,38H2,1-3H3,(H,39,43)/b33-30+,42-19?. The molecule has 7 rings (SSSR count). The van der Waals surface area contributed by atoms with Gasteiger partial charge in [0.1, 0.15) is 6.07 Å². The summed E-state index contributed by atoms with van der Waals surface area (Å²) < 4.78 is 1.82. The third-order valence-corrected chi connectivity index (χ3v) is 10.3. The first-order valence-corrected chi connectivity index (χ1v) is 16.2. The Morgan fingerprint density at radius 1 is 1.19 bits per heavy atom. The highest BCUT2D eigenvalue weighted by Gasteiger charge is 2.47. The summed E-state index contributed by atoms with van der Waals surface area (Å²) in [5.41, 5.74) is 13.5. The maximum atomic E-state index is 13.4. The molecule has 4 unspecified atom stereocenters. The van der Waals surface area contributed by atoms with Crippen LogP contribution in [0.15, 0.2) is 47.8 Å². The molecule has 4 atom stereocenters. The lowest BCUT2D eigenvalue weighted by molar-refractivity contribution is 0.177.